The third-order valence-corrected chi connectivity index (χ3v) is 10.6. The zero-order chi connectivity index (χ0) is 46.5. The molecule has 7 atom stereocenters. The van der Waals surface area contributed by atoms with Gasteiger partial charge in [0.2, 0.25) is 35.4 Å². The molecule has 0 aliphatic carbocycles. The number of aliphatic hydroxyl groups is 1. The fourth-order valence-electron chi connectivity index (χ4n) is 6.80. The maximum absolute atomic E-state index is 14.1. The molecular formula is C40H63N8O14P. The van der Waals surface area contributed by atoms with Crippen molar-refractivity contribution in [2.24, 2.45) is 11.7 Å². The summed E-state index contributed by atoms with van der Waals surface area (Å²) < 4.78 is 32.5. The molecule has 0 bridgehead atoms. The lowest BCUT2D eigenvalue weighted by molar-refractivity contribution is -0.140. The number of hydrogen-bond donors (Lipinski definition) is 9. The summed E-state index contributed by atoms with van der Waals surface area (Å²) in [5.74, 6) is -5.22. The first-order chi connectivity index (χ1) is 29.9. The van der Waals surface area contributed by atoms with Crippen LogP contribution in [-0.4, -0.2) is 154 Å². The molecule has 1 aliphatic heterocycles. The van der Waals surface area contributed by atoms with E-state index >= 15 is 0 Å². The van der Waals surface area contributed by atoms with Gasteiger partial charge in [-0.1, -0.05) is 44.2 Å². The number of aryl methyl sites for hydroxylation is 1. The molecule has 2 aromatic rings. The normalized spacial score (nSPS) is 17.6. The van der Waals surface area contributed by atoms with E-state index in [1.54, 1.807) is 0 Å². The standard InChI is InChI=1S/C40H63N8O14P/c1-25(2)18-30(45-40(55)33-20-29(22-48(33)34(50)13-15-60-17-16-59-4)61-14-9-8-12-27-10-6-5-7-11-27)37(52)44-31(19-28-21-42-24-43-28)38(53)46-32(23-49)39(54)47-35(36(41)51)26(3)62-63(56,57)58/h5-7,10-11,21,24-26,29-33,35,49H,8-9,12-20,22-23H2,1-4H3,(H2,41,51)(H,42,43)(H,44,52)(H,45,55)(H,46,53)(H,47,54)(H2,56,57,58)/t26-,29-,30+,31+,32+,33?,35+/m1/s1. The van der Waals surface area contributed by atoms with E-state index in [1.807, 2.05) is 32.0 Å². The maximum atomic E-state index is 14.1. The number of aromatic amines is 1. The number of hydrogen-bond acceptors (Lipinski definition) is 13. The lowest BCUT2D eigenvalue weighted by Crippen LogP contribution is -2.61. The van der Waals surface area contributed by atoms with E-state index in [2.05, 4.69) is 47.9 Å². The van der Waals surface area contributed by atoms with Gasteiger partial charge >= 0.3 is 7.82 Å². The van der Waals surface area contributed by atoms with Crippen LogP contribution in [-0.2, 0) is 64.9 Å². The van der Waals surface area contributed by atoms with Gasteiger partial charge in [-0.25, -0.2) is 9.55 Å². The number of amides is 6. The number of aliphatic hydroxyl groups excluding tert-OH is 1. The van der Waals surface area contributed by atoms with Crippen LogP contribution in [0.4, 0.5) is 0 Å². The molecular weight excluding hydrogens is 847 g/mol. The Morgan fingerprint density at radius 3 is 2.22 bits per heavy atom. The van der Waals surface area contributed by atoms with E-state index in [1.165, 1.54) is 30.1 Å². The number of methoxy groups -OCH3 is 1. The first-order valence-corrected chi connectivity index (χ1v) is 22.3. The van der Waals surface area contributed by atoms with Crippen LogP contribution in [0.5, 0.6) is 0 Å². The monoisotopic (exact) mass is 910 g/mol. The van der Waals surface area contributed by atoms with E-state index in [-0.39, 0.29) is 57.3 Å². The number of carbonyl (C=O) groups excluding carboxylic acids is 6. The highest BCUT2D eigenvalue weighted by Crippen LogP contribution is 2.38. The van der Waals surface area contributed by atoms with Gasteiger partial charge in [-0.3, -0.25) is 33.3 Å². The zero-order valence-corrected chi connectivity index (χ0v) is 37.0. The average molecular weight is 911 g/mol. The van der Waals surface area contributed by atoms with Gasteiger partial charge in [-0.05, 0) is 44.1 Å². The van der Waals surface area contributed by atoms with Crippen LogP contribution < -0.4 is 27.0 Å². The number of unbranched alkanes of at least 4 members (excludes halogenated alkanes) is 1. The van der Waals surface area contributed by atoms with E-state index in [4.69, 9.17) is 29.7 Å². The Labute approximate surface area is 366 Å². The molecule has 10 N–H and O–H groups in total. The number of H-pyrrole nitrogens is 1. The fraction of sp³-hybridized carbons (Fsp3) is 0.625. The molecule has 23 heteroatoms. The summed E-state index contributed by atoms with van der Waals surface area (Å²) in [6.07, 6.45) is 3.28. The summed E-state index contributed by atoms with van der Waals surface area (Å²) in [6.45, 7) is 5.01. The number of ether oxygens (including phenoxy) is 3. The van der Waals surface area contributed by atoms with E-state index in [0.717, 1.165) is 26.2 Å². The smallest absolute Gasteiger partial charge is 0.394 e. The lowest BCUT2D eigenvalue weighted by Gasteiger charge is -2.28. The maximum Gasteiger partial charge on any atom is 0.469 e. The summed E-state index contributed by atoms with van der Waals surface area (Å²) in [6, 6.07) is 2.89. The van der Waals surface area contributed by atoms with Gasteiger partial charge in [0.05, 0.1) is 51.4 Å². The summed E-state index contributed by atoms with van der Waals surface area (Å²) in [7, 11) is -3.59. The number of nitrogens with zero attached hydrogens (tertiary/aromatic N) is 2. The number of nitrogens with one attached hydrogen (secondary N) is 5. The Morgan fingerprint density at radius 1 is 0.921 bits per heavy atom. The number of primary amides is 1. The summed E-state index contributed by atoms with van der Waals surface area (Å²) in [5, 5.41) is 19.9. The van der Waals surface area contributed by atoms with Crippen LogP contribution in [0.1, 0.15) is 64.1 Å². The molecule has 63 heavy (non-hydrogen) atoms. The Hall–Kier alpha value is -4.80. The highest BCUT2D eigenvalue weighted by Gasteiger charge is 2.41. The van der Waals surface area contributed by atoms with Crippen LogP contribution in [0.15, 0.2) is 42.9 Å². The molecule has 0 saturated carbocycles. The number of imidazole rings is 1. The second-order valence-corrected chi connectivity index (χ2v) is 16.7. The number of phosphoric acid groups is 1. The molecule has 6 amide bonds. The van der Waals surface area contributed by atoms with Crippen molar-refractivity contribution >= 4 is 43.3 Å². The number of nitrogens with two attached hydrogens (primary N) is 1. The Morgan fingerprint density at radius 2 is 1.60 bits per heavy atom. The van der Waals surface area contributed by atoms with Gasteiger partial charge in [-0.2, -0.15) is 0 Å². The van der Waals surface area contributed by atoms with Crippen molar-refractivity contribution in [2.75, 3.05) is 46.7 Å². The van der Waals surface area contributed by atoms with E-state index in [9.17, 15) is 38.4 Å². The summed E-state index contributed by atoms with van der Waals surface area (Å²) in [5.41, 5.74) is 6.92. The van der Waals surface area contributed by atoms with Gasteiger partial charge in [0.25, 0.3) is 0 Å². The molecule has 352 valence electrons. The van der Waals surface area contributed by atoms with Crippen molar-refractivity contribution in [1.29, 1.82) is 0 Å². The lowest BCUT2D eigenvalue weighted by atomic mass is 10.0. The van der Waals surface area contributed by atoms with Gasteiger partial charge in [0.15, 0.2) is 0 Å². The molecule has 1 fully saturated rings. The molecule has 1 aromatic carbocycles. The number of benzene rings is 1. The number of aromatic nitrogens is 2. The first-order valence-electron chi connectivity index (χ1n) is 20.8. The SMILES string of the molecule is COCCOCCC(=O)N1C[C@H](OCCCCc2ccccc2)CC1C(=O)N[C@@H](CC(C)C)C(=O)N[C@@H](Cc1cnc[nH]1)C(=O)N[C@@H](CO)C(=O)N[C@H](C(N)=O)[C@@H](C)OP(=O)(O)O. The third kappa shape index (κ3) is 18.8. The van der Waals surface area contributed by atoms with Crippen molar-refractivity contribution in [3.63, 3.8) is 0 Å². The molecule has 0 spiro atoms. The minimum atomic E-state index is -5.12. The molecule has 1 unspecified atom stereocenters. The van der Waals surface area contributed by atoms with Crippen LogP contribution in [0.25, 0.3) is 0 Å². The van der Waals surface area contributed by atoms with Gasteiger partial charge in [0, 0.05) is 45.0 Å². The molecule has 3 rings (SSSR count). The van der Waals surface area contributed by atoms with Crippen LogP contribution in [0.2, 0.25) is 0 Å². The molecule has 0 radical (unpaired) electrons. The minimum absolute atomic E-state index is 0.00611. The van der Waals surface area contributed by atoms with Crippen molar-refractivity contribution in [3.8, 4) is 0 Å². The number of rotatable bonds is 29. The van der Waals surface area contributed by atoms with Crippen molar-refractivity contribution < 1.29 is 67.0 Å². The van der Waals surface area contributed by atoms with Crippen LogP contribution >= 0.6 is 7.82 Å². The van der Waals surface area contributed by atoms with Gasteiger partial charge in [0.1, 0.15) is 30.2 Å². The number of carbonyl (C=O) groups is 6. The van der Waals surface area contributed by atoms with E-state index in [0.29, 0.717) is 18.9 Å². The predicted octanol–water partition coefficient (Wildman–Crippen LogP) is -1.02. The molecule has 1 saturated heterocycles. The number of phosphoric ester groups is 1. The van der Waals surface area contributed by atoms with Crippen LogP contribution in [0, 0.1) is 5.92 Å². The van der Waals surface area contributed by atoms with Crippen molar-refractivity contribution in [3.05, 3.63) is 54.1 Å². The van der Waals surface area contributed by atoms with Crippen molar-refractivity contribution in [1.82, 2.24) is 36.1 Å². The predicted molar refractivity (Wildman–Crippen MR) is 225 cm³/mol. The Bertz CT molecular complexity index is 1800. The zero-order valence-electron chi connectivity index (χ0n) is 36.1. The highest BCUT2D eigenvalue weighted by molar-refractivity contribution is 7.46. The van der Waals surface area contributed by atoms with Gasteiger partial charge < -0.3 is 66.0 Å². The second kappa shape index (κ2) is 26.7. The molecule has 1 aliphatic rings. The topological polar surface area (TPSA) is 323 Å². The summed E-state index contributed by atoms with van der Waals surface area (Å²) in [4.78, 5) is 107. The quantitative estimate of drug-likeness (QED) is 0.0348. The molecule has 2 heterocycles. The van der Waals surface area contributed by atoms with Crippen molar-refractivity contribution in [2.45, 2.75) is 108 Å². The largest absolute Gasteiger partial charge is 0.469 e. The van der Waals surface area contributed by atoms with Gasteiger partial charge in [-0.15, -0.1) is 0 Å². The fourth-order valence-corrected chi connectivity index (χ4v) is 7.36. The highest BCUT2D eigenvalue weighted by atomic mass is 31.2. The Balaban J connectivity index is 1.76. The van der Waals surface area contributed by atoms with Crippen LogP contribution in [0.3, 0.4) is 0 Å². The first kappa shape index (κ1) is 52.5. The minimum Gasteiger partial charge on any atom is -0.394 e. The summed E-state index contributed by atoms with van der Waals surface area (Å²) >= 11 is 0. The third-order valence-electron chi connectivity index (χ3n) is 9.98. The van der Waals surface area contributed by atoms with E-state index < -0.39 is 86.4 Å². The number of likely N-dealkylation sites (tertiary alicyclic amines) is 1. The second-order valence-electron chi connectivity index (χ2n) is 15.6. The molecule has 22 nitrogen and oxygen atoms in total. The average Bonchev–Trinajstić information content (AvgIpc) is 3.91. The molecule has 1 aromatic heterocycles. The Kier molecular flexibility index (Phi) is 22.3.